The lowest BCUT2D eigenvalue weighted by Crippen LogP contribution is -2.49. The van der Waals surface area contributed by atoms with Crippen molar-refractivity contribution in [3.63, 3.8) is 0 Å². The first-order chi connectivity index (χ1) is 15.2. The van der Waals surface area contributed by atoms with Gasteiger partial charge in [-0.25, -0.2) is 9.78 Å². The van der Waals surface area contributed by atoms with Crippen LogP contribution in [0.15, 0.2) is 60.0 Å². The molecule has 2 amide bonds. The summed E-state index contributed by atoms with van der Waals surface area (Å²) in [5.41, 5.74) is 3.31. The third-order valence-electron chi connectivity index (χ3n) is 4.66. The van der Waals surface area contributed by atoms with Crippen LogP contribution in [-0.4, -0.2) is 28.6 Å². The average molecular weight is 452 g/mol. The van der Waals surface area contributed by atoms with Crippen LogP contribution in [0.1, 0.15) is 37.6 Å². The van der Waals surface area contributed by atoms with Gasteiger partial charge in [-0.1, -0.05) is 54.6 Å². The number of hydrogen-bond acceptors (Lipinski definition) is 5. The van der Waals surface area contributed by atoms with Crippen molar-refractivity contribution in [2.45, 2.75) is 52.3 Å². The molecule has 0 radical (unpaired) electrons. The third-order valence-corrected chi connectivity index (χ3v) is 5.59. The lowest BCUT2D eigenvalue weighted by atomic mass is 10.1. The molecule has 0 bridgehead atoms. The van der Waals surface area contributed by atoms with Gasteiger partial charge in [0.2, 0.25) is 5.91 Å². The Morgan fingerprint density at radius 2 is 1.75 bits per heavy atom. The molecular weight excluding hydrogens is 422 g/mol. The predicted molar refractivity (Wildman–Crippen MR) is 127 cm³/mol. The van der Waals surface area contributed by atoms with Gasteiger partial charge in [-0.2, -0.15) is 0 Å². The number of thiazole rings is 1. The summed E-state index contributed by atoms with van der Waals surface area (Å²) < 4.78 is 5.34. The molecular formula is C25H29N3O3S. The molecule has 32 heavy (non-hydrogen) atoms. The standard InChI is InChI=1S/C25H29N3O3S/c1-17-10-8-9-13-20(17)23-27-19(16-32-23)15-26-22(29)21(14-18-11-6-5-7-12-18)28-24(30)31-25(2,3)4/h5-13,16,21H,14-15H2,1-4H3,(H,26,29)(H,28,30). The minimum absolute atomic E-state index is 0.280. The molecule has 168 valence electrons. The molecule has 0 spiro atoms. The van der Waals surface area contributed by atoms with Crippen LogP contribution in [0.25, 0.3) is 10.6 Å². The normalized spacial score (nSPS) is 12.1. The van der Waals surface area contributed by atoms with Gasteiger partial charge in [-0.05, 0) is 38.8 Å². The van der Waals surface area contributed by atoms with E-state index in [1.165, 1.54) is 0 Å². The van der Waals surface area contributed by atoms with Crippen LogP contribution in [0, 0.1) is 6.92 Å². The Hall–Kier alpha value is -3.19. The van der Waals surface area contributed by atoms with E-state index in [0.29, 0.717) is 6.42 Å². The van der Waals surface area contributed by atoms with E-state index in [-0.39, 0.29) is 12.5 Å². The van der Waals surface area contributed by atoms with E-state index in [4.69, 9.17) is 4.74 Å². The zero-order valence-corrected chi connectivity index (χ0v) is 19.7. The van der Waals surface area contributed by atoms with E-state index in [2.05, 4.69) is 28.6 Å². The van der Waals surface area contributed by atoms with Crippen molar-refractivity contribution < 1.29 is 14.3 Å². The molecule has 0 aliphatic carbocycles. The zero-order chi connectivity index (χ0) is 23.1. The lowest BCUT2D eigenvalue weighted by molar-refractivity contribution is -0.123. The smallest absolute Gasteiger partial charge is 0.408 e. The number of nitrogens with zero attached hydrogens (tertiary/aromatic N) is 1. The number of benzene rings is 2. The van der Waals surface area contributed by atoms with E-state index in [1.54, 1.807) is 32.1 Å². The summed E-state index contributed by atoms with van der Waals surface area (Å²) in [5, 5.41) is 8.46. The van der Waals surface area contributed by atoms with Crippen molar-refractivity contribution in [2.75, 3.05) is 0 Å². The summed E-state index contributed by atoms with van der Waals surface area (Å²) in [4.78, 5) is 29.9. The highest BCUT2D eigenvalue weighted by atomic mass is 32.1. The quantitative estimate of drug-likeness (QED) is 0.537. The molecule has 2 aromatic carbocycles. The average Bonchev–Trinajstić information content (AvgIpc) is 3.20. The van der Waals surface area contributed by atoms with Crippen LogP contribution < -0.4 is 10.6 Å². The van der Waals surface area contributed by atoms with Crippen molar-refractivity contribution in [2.24, 2.45) is 0 Å². The van der Waals surface area contributed by atoms with Crippen molar-refractivity contribution >= 4 is 23.3 Å². The first kappa shape index (κ1) is 23.5. The fourth-order valence-electron chi connectivity index (χ4n) is 3.13. The Morgan fingerprint density at radius 1 is 1.06 bits per heavy atom. The summed E-state index contributed by atoms with van der Waals surface area (Å²) >= 11 is 1.54. The number of hydrogen-bond donors (Lipinski definition) is 2. The molecule has 0 fully saturated rings. The minimum Gasteiger partial charge on any atom is -0.444 e. The van der Waals surface area contributed by atoms with Crippen molar-refractivity contribution in [3.05, 3.63) is 76.8 Å². The van der Waals surface area contributed by atoms with Gasteiger partial charge in [0.25, 0.3) is 0 Å². The molecule has 0 saturated carbocycles. The van der Waals surface area contributed by atoms with Crippen molar-refractivity contribution in [3.8, 4) is 10.6 Å². The van der Waals surface area contributed by atoms with Gasteiger partial charge in [0.05, 0.1) is 12.2 Å². The van der Waals surface area contributed by atoms with Gasteiger partial charge in [0.15, 0.2) is 0 Å². The monoisotopic (exact) mass is 451 g/mol. The van der Waals surface area contributed by atoms with E-state index in [0.717, 1.165) is 27.4 Å². The van der Waals surface area contributed by atoms with Crippen LogP contribution in [0.2, 0.25) is 0 Å². The summed E-state index contributed by atoms with van der Waals surface area (Å²) in [7, 11) is 0. The Balaban J connectivity index is 1.66. The molecule has 1 unspecified atom stereocenters. The molecule has 1 heterocycles. The van der Waals surface area contributed by atoms with E-state index in [9.17, 15) is 9.59 Å². The number of carbonyl (C=O) groups excluding carboxylic acids is 2. The molecule has 2 N–H and O–H groups in total. The van der Waals surface area contributed by atoms with Gasteiger partial charge in [-0.3, -0.25) is 4.79 Å². The molecule has 7 heteroatoms. The number of carbonyl (C=O) groups is 2. The van der Waals surface area contributed by atoms with Crippen LogP contribution >= 0.6 is 11.3 Å². The molecule has 0 aliphatic rings. The van der Waals surface area contributed by atoms with Crippen molar-refractivity contribution in [1.82, 2.24) is 15.6 Å². The maximum atomic E-state index is 12.9. The SMILES string of the molecule is Cc1ccccc1-c1nc(CNC(=O)C(Cc2ccccc2)NC(=O)OC(C)(C)C)cs1. The Labute approximate surface area is 193 Å². The number of nitrogens with one attached hydrogen (secondary N) is 2. The maximum Gasteiger partial charge on any atom is 0.408 e. The van der Waals surface area contributed by atoms with Gasteiger partial charge in [-0.15, -0.1) is 11.3 Å². The van der Waals surface area contributed by atoms with Gasteiger partial charge in [0, 0.05) is 17.4 Å². The van der Waals surface area contributed by atoms with E-state index in [1.807, 2.05) is 53.9 Å². The fourth-order valence-corrected chi connectivity index (χ4v) is 4.04. The summed E-state index contributed by atoms with van der Waals surface area (Å²) in [6, 6.07) is 16.9. The van der Waals surface area contributed by atoms with Gasteiger partial charge < -0.3 is 15.4 Å². The Morgan fingerprint density at radius 3 is 2.44 bits per heavy atom. The molecule has 3 aromatic rings. The molecule has 3 rings (SSSR count). The topological polar surface area (TPSA) is 80.3 Å². The van der Waals surface area contributed by atoms with E-state index < -0.39 is 17.7 Å². The number of rotatable bonds is 7. The number of aryl methyl sites for hydroxylation is 1. The largest absolute Gasteiger partial charge is 0.444 e. The van der Waals surface area contributed by atoms with Crippen LogP contribution in [0.3, 0.4) is 0 Å². The Bertz CT molecular complexity index is 1060. The first-order valence-corrected chi connectivity index (χ1v) is 11.4. The molecule has 1 aromatic heterocycles. The number of ether oxygens (including phenoxy) is 1. The minimum atomic E-state index is -0.762. The second-order valence-electron chi connectivity index (χ2n) is 8.57. The number of aromatic nitrogens is 1. The van der Waals surface area contributed by atoms with Gasteiger partial charge in [0.1, 0.15) is 16.7 Å². The Kier molecular flexibility index (Phi) is 7.64. The van der Waals surface area contributed by atoms with Crippen LogP contribution in [-0.2, 0) is 22.5 Å². The highest BCUT2D eigenvalue weighted by Crippen LogP contribution is 2.26. The highest BCUT2D eigenvalue weighted by Gasteiger charge is 2.24. The fraction of sp³-hybridized carbons (Fsp3) is 0.320. The zero-order valence-electron chi connectivity index (χ0n) is 18.8. The van der Waals surface area contributed by atoms with Crippen LogP contribution in [0.5, 0.6) is 0 Å². The third kappa shape index (κ3) is 6.92. The lowest BCUT2D eigenvalue weighted by Gasteiger charge is -2.23. The van der Waals surface area contributed by atoms with Crippen LogP contribution in [0.4, 0.5) is 4.79 Å². The second kappa shape index (κ2) is 10.4. The van der Waals surface area contributed by atoms with E-state index >= 15 is 0 Å². The first-order valence-electron chi connectivity index (χ1n) is 10.5. The summed E-state index contributed by atoms with van der Waals surface area (Å²) in [6.07, 6.45) is -0.263. The molecule has 1 atom stereocenters. The second-order valence-corrected chi connectivity index (χ2v) is 9.42. The summed E-state index contributed by atoms with van der Waals surface area (Å²) in [5.74, 6) is -0.287. The van der Waals surface area contributed by atoms with Crippen molar-refractivity contribution in [1.29, 1.82) is 0 Å². The van der Waals surface area contributed by atoms with Gasteiger partial charge >= 0.3 is 6.09 Å². The molecule has 6 nitrogen and oxygen atoms in total. The number of alkyl carbamates (subject to hydrolysis) is 1. The number of amides is 2. The molecule has 0 aliphatic heterocycles. The predicted octanol–water partition coefficient (Wildman–Crippen LogP) is 4.87. The highest BCUT2D eigenvalue weighted by molar-refractivity contribution is 7.13. The summed E-state index contributed by atoms with van der Waals surface area (Å²) in [6.45, 7) is 7.69. The maximum absolute atomic E-state index is 12.9. The molecule has 0 saturated heterocycles.